The Morgan fingerprint density at radius 1 is 1.09 bits per heavy atom. The summed E-state index contributed by atoms with van der Waals surface area (Å²) in [6.45, 7) is 2.11. The van der Waals surface area contributed by atoms with Crippen LogP contribution in [-0.2, 0) is 11.8 Å². The molecule has 0 saturated heterocycles. The topological polar surface area (TPSA) is 56.7 Å². The number of nitrogens with zero attached hydrogens (tertiary/aromatic N) is 4. The summed E-state index contributed by atoms with van der Waals surface area (Å²) in [5.41, 5.74) is 4.54. The Balaban J connectivity index is 1.50. The molecule has 2 saturated carbocycles. The normalized spacial score (nSPS) is 16.7. The van der Waals surface area contributed by atoms with E-state index in [9.17, 15) is 0 Å². The molecule has 0 amide bonds. The zero-order valence-electron chi connectivity index (χ0n) is 18.7. The summed E-state index contributed by atoms with van der Waals surface area (Å²) in [5, 5.41) is 15.0. The Kier molecular flexibility index (Phi) is 5.58. The van der Waals surface area contributed by atoms with Crippen LogP contribution in [0.5, 0.6) is 0 Å². The van der Waals surface area contributed by atoms with Crippen LogP contribution in [0.4, 0.5) is 0 Å². The summed E-state index contributed by atoms with van der Waals surface area (Å²) in [4.78, 5) is 0. The van der Waals surface area contributed by atoms with E-state index < -0.39 is 0 Å². The molecule has 0 radical (unpaired) electrons. The molecule has 2 fully saturated rings. The molecule has 6 rings (SSSR count). The Morgan fingerprint density at radius 3 is 2.50 bits per heavy atom. The largest absolute Gasteiger partial charge is 0.419 e. The van der Waals surface area contributed by atoms with Gasteiger partial charge < -0.3 is 4.42 Å². The number of hydrogen-bond acceptors (Lipinski definition) is 4. The van der Waals surface area contributed by atoms with Gasteiger partial charge in [-0.3, -0.25) is 0 Å². The fourth-order valence-electron chi connectivity index (χ4n) is 4.75. The first kappa shape index (κ1) is 22.3. The molecule has 2 heterocycles. The van der Waals surface area contributed by atoms with E-state index in [1.807, 2.05) is 28.9 Å². The van der Waals surface area contributed by atoms with Crippen LogP contribution in [0.15, 0.2) is 51.4 Å². The first-order valence-electron chi connectivity index (χ1n) is 11.6. The molecule has 5 nitrogen and oxygen atoms in total. The predicted molar refractivity (Wildman–Crippen MR) is 138 cm³/mol. The van der Waals surface area contributed by atoms with Gasteiger partial charge in [-0.2, -0.15) is 5.10 Å². The standard InChI is InChI=1S/C26H23BrCl2N4O/c1-2-19-22(24-30-31-25(34-24)26(11-12-26)14-15-3-4-15)32-33(21-10-9-18(28)13-20(21)29)23(19)16-5-7-17(27)8-6-16/h5-10,13,15H,2-4,11-12,14H2,1H3. The van der Waals surface area contributed by atoms with E-state index >= 15 is 0 Å². The van der Waals surface area contributed by atoms with Gasteiger partial charge in [-0.05, 0) is 61.9 Å². The highest BCUT2D eigenvalue weighted by Crippen LogP contribution is 2.56. The minimum Gasteiger partial charge on any atom is -0.419 e. The van der Waals surface area contributed by atoms with Crippen LogP contribution in [0.25, 0.3) is 28.5 Å². The molecule has 4 aromatic rings. The summed E-state index contributed by atoms with van der Waals surface area (Å²) < 4.78 is 9.20. The van der Waals surface area contributed by atoms with E-state index in [2.05, 4.69) is 45.2 Å². The molecule has 0 spiro atoms. The van der Waals surface area contributed by atoms with Crippen molar-refractivity contribution < 1.29 is 4.42 Å². The van der Waals surface area contributed by atoms with Crippen molar-refractivity contribution in [1.29, 1.82) is 0 Å². The van der Waals surface area contributed by atoms with Crippen molar-refractivity contribution >= 4 is 39.1 Å². The molecule has 2 aromatic carbocycles. The van der Waals surface area contributed by atoms with E-state index in [0.717, 1.165) is 64.5 Å². The number of rotatable bonds is 7. The Hall–Kier alpha value is -2.15. The summed E-state index contributed by atoms with van der Waals surface area (Å²) in [7, 11) is 0. The third-order valence-corrected chi connectivity index (χ3v) is 7.97. The third-order valence-electron chi connectivity index (χ3n) is 6.90. The SMILES string of the molecule is CCc1c(-c2nnc(C3(CC4CC4)CC3)o2)nn(-c2ccc(Cl)cc2Cl)c1-c1ccc(Br)cc1. The van der Waals surface area contributed by atoms with Crippen LogP contribution in [0, 0.1) is 5.92 Å². The molecule has 0 bridgehead atoms. The van der Waals surface area contributed by atoms with Crippen molar-refractivity contribution in [1.82, 2.24) is 20.0 Å². The third kappa shape index (κ3) is 4.00. The Morgan fingerprint density at radius 2 is 1.85 bits per heavy atom. The zero-order valence-corrected chi connectivity index (χ0v) is 21.8. The molecule has 8 heteroatoms. The smallest absolute Gasteiger partial charge is 0.268 e. The van der Waals surface area contributed by atoms with E-state index in [1.165, 1.54) is 12.8 Å². The fraction of sp³-hybridized carbons (Fsp3) is 0.346. The van der Waals surface area contributed by atoms with Crippen LogP contribution in [-0.4, -0.2) is 20.0 Å². The summed E-state index contributed by atoms with van der Waals surface area (Å²) in [6, 6.07) is 13.6. The van der Waals surface area contributed by atoms with Gasteiger partial charge in [-0.1, -0.05) is 71.0 Å². The van der Waals surface area contributed by atoms with Crippen LogP contribution in [0.1, 0.15) is 50.5 Å². The Labute approximate surface area is 216 Å². The van der Waals surface area contributed by atoms with E-state index in [1.54, 1.807) is 6.07 Å². The Bertz CT molecular complexity index is 1370. The van der Waals surface area contributed by atoms with Crippen molar-refractivity contribution in [2.45, 2.75) is 50.9 Å². The van der Waals surface area contributed by atoms with Crippen LogP contribution >= 0.6 is 39.1 Å². The molecule has 2 aromatic heterocycles. The zero-order chi connectivity index (χ0) is 23.4. The van der Waals surface area contributed by atoms with Gasteiger partial charge in [-0.15, -0.1) is 10.2 Å². The molecule has 0 atom stereocenters. The summed E-state index contributed by atoms with van der Waals surface area (Å²) in [5.74, 6) is 2.05. The lowest BCUT2D eigenvalue weighted by atomic mass is 9.99. The molecule has 174 valence electrons. The van der Waals surface area contributed by atoms with Gasteiger partial charge in [0.1, 0.15) is 0 Å². The van der Waals surface area contributed by atoms with Crippen LogP contribution in [0.2, 0.25) is 10.0 Å². The van der Waals surface area contributed by atoms with Gasteiger partial charge in [-0.25, -0.2) is 4.68 Å². The van der Waals surface area contributed by atoms with E-state index in [0.29, 0.717) is 21.6 Å². The average Bonchev–Trinajstić information content (AvgIpc) is 3.71. The number of hydrogen-bond donors (Lipinski definition) is 0. The highest BCUT2D eigenvalue weighted by molar-refractivity contribution is 9.10. The van der Waals surface area contributed by atoms with Gasteiger partial charge in [0.2, 0.25) is 5.89 Å². The van der Waals surface area contributed by atoms with Crippen molar-refractivity contribution in [3.8, 4) is 28.5 Å². The maximum atomic E-state index is 6.62. The van der Waals surface area contributed by atoms with Gasteiger partial charge in [0.25, 0.3) is 5.89 Å². The van der Waals surface area contributed by atoms with E-state index in [4.69, 9.17) is 32.7 Å². The number of aromatic nitrogens is 4. The van der Waals surface area contributed by atoms with E-state index in [-0.39, 0.29) is 5.41 Å². The first-order valence-corrected chi connectivity index (χ1v) is 13.2. The maximum Gasteiger partial charge on any atom is 0.268 e. The second kappa shape index (κ2) is 8.51. The lowest BCUT2D eigenvalue weighted by Gasteiger charge is -2.11. The second-order valence-corrected chi connectivity index (χ2v) is 11.1. The molecule has 34 heavy (non-hydrogen) atoms. The van der Waals surface area contributed by atoms with Crippen molar-refractivity contribution in [3.63, 3.8) is 0 Å². The maximum absolute atomic E-state index is 6.62. The summed E-state index contributed by atoms with van der Waals surface area (Å²) in [6.07, 6.45) is 6.82. The first-order chi connectivity index (χ1) is 16.5. The minimum atomic E-state index is 0.0788. The summed E-state index contributed by atoms with van der Waals surface area (Å²) >= 11 is 16.3. The lowest BCUT2D eigenvalue weighted by molar-refractivity contribution is 0.411. The second-order valence-electron chi connectivity index (χ2n) is 9.38. The number of halogens is 3. The number of benzene rings is 2. The van der Waals surface area contributed by atoms with Gasteiger partial charge >= 0.3 is 0 Å². The highest BCUT2D eigenvalue weighted by atomic mass is 79.9. The molecular formula is C26H23BrCl2N4O. The van der Waals surface area contributed by atoms with Crippen molar-refractivity contribution in [2.75, 3.05) is 0 Å². The monoisotopic (exact) mass is 556 g/mol. The molecule has 2 aliphatic carbocycles. The molecular weight excluding hydrogens is 535 g/mol. The van der Waals surface area contributed by atoms with Crippen LogP contribution in [0.3, 0.4) is 0 Å². The van der Waals surface area contributed by atoms with Gasteiger partial charge in [0, 0.05) is 26.0 Å². The van der Waals surface area contributed by atoms with Crippen molar-refractivity contribution in [2.24, 2.45) is 5.92 Å². The van der Waals surface area contributed by atoms with Crippen LogP contribution < -0.4 is 0 Å². The average molecular weight is 558 g/mol. The molecule has 0 N–H and O–H groups in total. The molecule has 0 aliphatic heterocycles. The van der Waals surface area contributed by atoms with Crippen molar-refractivity contribution in [3.05, 3.63) is 68.4 Å². The quantitative estimate of drug-likeness (QED) is 0.230. The van der Waals surface area contributed by atoms with Gasteiger partial charge in [0.15, 0.2) is 5.69 Å². The lowest BCUT2D eigenvalue weighted by Crippen LogP contribution is -2.07. The fourth-order valence-corrected chi connectivity index (χ4v) is 5.51. The highest BCUT2D eigenvalue weighted by Gasteiger charge is 2.52. The minimum absolute atomic E-state index is 0.0788. The molecule has 2 aliphatic rings. The predicted octanol–water partition coefficient (Wildman–Crippen LogP) is 8.05. The molecule has 0 unspecified atom stereocenters. The van der Waals surface area contributed by atoms with Gasteiger partial charge in [0.05, 0.1) is 16.4 Å².